The minimum atomic E-state index is -2.47. The van der Waals surface area contributed by atoms with E-state index < -0.39 is 12.0 Å². The number of nitrogens with zero attached hydrogens (tertiary/aromatic N) is 1. The highest BCUT2D eigenvalue weighted by Crippen LogP contribution is 2.42. The molecule has 1 heterocycles. The number of halogens is 2. The van der Waals surface area contributed by atoms with Gasteiger partial charge in [-0.15, -0.1) is 0 Å². The highest BCUT2D eigenvalue weighted by molar-refractivity contribution is 5.97. The van der Waals surface area contributed by atoms with Crippen LogP contribution in [0.25, 0.3) is 0 Å². The smallest absolute Gasteiger partial charge is 0.242 e. The zero-order chi connectivity index (χ0) is 16.4. The summed E-state index contributed by atoms with van der Waals surface area (Å²) in [5, 5.41) is 0. The molecule has 2 aromatic carbocycles. The first kappa shape index (κ1) is 15.5. The van der Waals surface area contributed by atoms with Gasteiger partial charge in [0.2, 0.25) is 12.3 Å². The van der Waals surface area contributed by atoms with Gasteiger partial charge in [0.25, 0.3) is 0 Å². The molecule has 0 N–H and O–H groups in total. The monoisotopic (exact) mass is 317 g/mol. The summed E-state index contributed by atoms with van der Waals surface area (Å²) in [6.45, 7) is 1.68. The minimum absolute atomic E-state index is 0.342. The third kappa shape index (κ3) is 3.04. The quantitative estimate of drug-likeness (QED) is 0.820. The van der Waals surface area contributed by atoms with Gasteiger partial charge >= 0.3 is 0 Å². The normalized spacial score (nSPS) is 19.8. The summed E-state index contributed by atoms with van der Waals surface area (Å²) in [5.74, 6) is 1.05. The molecule has 0 fully saturated rings. The van der Waals surface area contributed by atoms with E-state index in [1.54, 1.807) is 50.4 Å². The lowest BCUT2D eigenvalue weighted by molar-refractivity contribution is -0.00313. The Bertz CT molecular complexity index is 728. The summed E-state index contributed by atoms with van der Waals surface area (Å²) in [6, 6.07) is 14.4. The number of methoxy groups -OCH3 is 1. The van der Waals surface area contributed by atoms with Crippen LogP contribution in [0.3, 0.4) is 0 Å². The molecule has 1 aliphatic rings. The Labute approximate surface area is 133 Å². The molecule has 23 heavy (non-hydrogen) atoms. The third-order valence-corrected chi connectivity index (χ3v) is 3.90. The molecule has 0 bridgehead atoms. The van der Waals surface area contributed by atoms with Gasteiger partial charge in [-0.05, 0) is 37.3 Å². The maximum absolute atomic E-state index is 13.1. The van der Waals surface area contributed by atoms with Gasteiger partial charge in [0.05, 0.1) is 19.2 Å². The first-order chi connectivity index (χ1) is 11.0. The van der Waals surface area contributed by atoms with Crippen molar-refractivity contribution in [2.45, 2.75) is 25.4 Å². The van der Waals surface area contributed by atoms with Gasteiger partial charge in [-0.2, -0.15) is 0 Å². The Kier molecular flexibility index (Phi) is 4.03. The predicted octanol–water partition coefficient (Wildman–Crippen LogP) is 4.67. The Morgan fingerprint density at radius 1 is 1.13 bits per heavy atom. The van der Waals surface area contributed by atoms with Crippen molar-refractivity contribution in [2.75, 3.05) is 7.11 Å². The molecule has 3 rings (SSSR count). The largest absolute Gasteiger partial charge is 0.497 e. The summed E-state index contributed by atoms with van der Waals surface area (Å²) >= 11 is 0. The van der Waals surface area contributed by atoms with Crippen LogP contribution in [0, 0.1) is 0 Å². The maximum Gasteiger partial charge on any atom is 0.242 e. The van der Waals surface area contributed by atoms with Crippen LogP contribution in [0.1, 0.15) is 24.5 Å². The van der Waals surface area contributed by atoms with Crippen LogP contribution >= 0.6 is 0 Å². The number of rotatable bonds is 4. The lowest BCUT2D eigenvalue weighted by atomic mass is 9.89. The molecule has 0 spiro atoms. The van der Waals surface area contributed by atoms with Crippen LogP contribution in [0.2, 0.25) is 0 Å². The molecule has 5 heteroatoms. The summed E-state index contributed by atoms with van der Waals surface area (Å²) in [5.41, 5.74) is 0.952. The van der Waals surface area contributed by atoms with Gasteiger partial charge in [-0.25, -0.2) is 13.8 Å². The lowest BCUT2D eigenvalue weighted by Gasteiger charge is -2.35. The molecule has 1 atom stereocenters. The van der Waals surface area contributed by atoms with Crippen molar-refractivity contribution in [3.8, 4) is 5.75 Å². The predicted molar refractivity (Wildman–Crippen MR) is 84.7 cm³/mol. The van der Waals surface area contributed by atoms with Crippen molar-refractivity contribution < 1.29 is 18.3 Å². The molecule has 120 valence electrons. The average molecular weight is 317 g/mol. The lowest BCUT2D eigenvalue weighted by Crippen LogP contribution is -2.34. The Balaban J connectivity index is 2.04. The second-order valence-corrected chi connectivity index (χ2v) is 5.59. The van der Waals surface area contributed by atoms with E-state index in [1.807, 2.05) is 12.1 Å². The molecule has 1 aliphatic heterocycles. The van der Waals surface area contributed by atoms with Gasteiger partial charge in [0, 0.05) is 11.1 Å². The molecular weight excluding hydrogens is 300 g/mol. The van der Waals surface area contributed by atoms with E-state index in [0.717, 1.165) is 5.56 Å². The molecular formula is C18H17F2NO2. The number of hydrogen-bond donors (Lipinski definition) is 0. The first-order valence-corrected chi connectivity index (χ1v) is 7.31. The van der Waals surface area contributed by atoms with E-state index in [4.69, 9.17) is 9.47 Å². The van der Waals surface area contributed by atoms with Gasteiger partial charge < -0.3 is 9.47 Å². The van der Waals surface area contributed by atoms with Gasteiger partial charge in [-0.3, -0.25) is 0 Å². The first-order valence-electron chi connectivity index (χ1n) is 7.31. The Morgan fingerprint density at radius 3 is 2.48 bits per heavy atom. The average Bonchev–Trinajstić information content (AvgIpc) is 2.54. The number of hydrogen-bond acceptors (Lipinski definition) is 3. The van der Waals surface area contributed by atoms with Crippen LogP contribution in [0.4, 0.5) is 14.5 Å². The van der Waals surface area contributed by atoms with Crippen LogP contribution in [-0.2, 0) is 10.3 Å². The van der Waals surface area contributed by atoms with E-state index in [1.165, 1.54) is 0 Å². The van der Waals surface area contributed by atoms with Gasteiger partial charge in [-0.1, -0.05) is 18.2 Å². The number of aliphatic imine (C=N–C) groups is 1. The van der Waals surface area contributed by atoms with Crippen molar-refractivity contribution in [1.29, 1.82) is 0 Å². The van der Waals surface area contributed by atoms with Crippen LogP contribution in [0.5, 0.6) is 5.75 Å². The number of para-hydroxylation sites is 1. The molecule has 3 nitrogen and oxygen atoms in total. The summed E-state index contributed by atoms with van der Waals surface area (Å²) < 4.78 is 37.1. The number of ether oxygens (including phenoxy) is 2. The van der Waals surface area contributed by atoms with E-state index in [2.05, 4.69) is 4.99 Å². The number of benzene rings is 2. The molecule has 0 radical (unpaired) electrons. The molecule has 0 amide bonds. The second-order valence-electron chi connectivity index (χ2n) is 5.59. The zero-order valence-corrected chi connectivity index (χ0v) is 12.9. The summed E-state index contributed by atoms with van der Waals surface area (Å²) in [4.78, 5) is 4.48. The van der Waals surface area contributed by atoms with E-state index in [9.17, 15) is 8.78 Å². The van der Waals surface area contributed by atoms with Crippen molar-refractivity contribution in [3.05, 3.63) is 59.7 Å². The standard InChI is InChI=1S/C18H17F2NO2/c1-18(11-16(19)20)14-5-3-4-6-15(14)21-17(23-18)12-7-9-13(22-2)10-8-12/h3-10,16H,11H2,1-2H3/t18-/m1/s1. The Hall–Kier alpha value is -2.43. The Morgan fingerprint density at radius 2 is 1.83 bits per heavy atom. The zero-order valence-electron chi connectivity index (χ0n) is 12.9. The topological polar surface area (TPSA) is 30.8 Å². The SMILES string of the molecule is COc1ccc(C2=Nc3ccccc3[C@@](C)(CC(F)F)O2)cc1. The summed E-state index contributed by atoms with van der Waals surface area (Å²) in [6.07, 6.45) is -2.86. The van der Waals surface area contributed by atoms with Crippen LogP contribution < -0.4 is 4.74 Å². The van der Waals surface area contributed by atoms with Crippen molar-refractivity contribution in [1.82, 2.24) is 0 Å². The molecule has 0 saturated carbocycles. The van der Waals surface area contributed by atoms with E-state index >= 15 is 0 Å². The van der Waals surface area contributed by atoms with Gasteiger partial charge in [0.1, 0.15) is 11.4 Å². The molecule has 0 aliphatic carbocycles. The van der Waals surface area contributed by atoms with E-state index in [0.29, 0.717) is 22.9 Å². The minimum Gasteiger partial charge on any atom is -0.497 e. The molecule has 0 unspecified atom stereocenters. The number of alkyl halides is 2. The van der Waals surface area contributed by atoms with Crippen LogP contribution in [-0.4, -0.2) is 19.4 Å². The van der Waals surface area contributed by atoms with Crippen molar-refractivity contribution in [3.63, 3.8) is 0 Å². The third-order valence-electron chi connectivity index (χ3n) is 3.90. The van der Waals surface area contributed by atoms with Crippen LogP contribution in [0.15, 0.2) is 53.5 Å². The number of fused-ring (bicyclic) bond motifs is 1. The fourth-order valence-corrected chi connectivity index (χ4v) is 2.72. The van der Waals surface area contributed by atoms with Gasteiger partial charge in [0.15, 0.2) is 0 Å². The second kappa shape index (κ2) is 5.99. The highest BCUT2D eigenvalue weighted by atomic mass is 19.3. The molecule has 2 aromatic rings. The van der Waals surface area contributed by atoms with Crippen molar-refractivity contribution >= 4 is 11.6 Å². The molecule has 0 aromatic heterocycles. The molecule has 0 saturated heterocycles. The van der Waals surface area contributed by atoms with E-state index in [-0.39, 0.29) is 6.42 Å². The summed E-state index contributed by atoms with van der Waals surface area (Å²) in [7, 11) is 1.58. The maximum atomic E-state index is 13.1. The fraction of sp³-hybridized carbons (Fsp3) is 0.278. The van der Waals surface area contributed by atoms with Crippen molar-refractivity contribution in [2.24, 2.45) is 4.99 Å². The highest BCUT2D eigenvalue weighted by Gasteiger charge is 2.38. The fourth-order valence-electron chi connectivity index (χ4n) is 2.72.